The lowest BCUT2D eigenvalue weighted by molar-refractivity contribution is -0.130. The van der Waals surface area contributed by atoms with Crippen molar-refractivity contribution in [3.63, 3.8) is 0 Å². The zero-order valence-electron chi connectivity index (χ0n) is 9.89. The van der Waals surface area contributed by atoms with Crippen molar-refractivity contribution in [2.45, 2.75) is 19.2 Å². The minimum absolute atomic E-state index is 0.0137. The fourth-order valence-corrected chi connectivity index (χ4v) is 2.66. The van der Waals surface area contributed by atoms with Gasteiger partial charge in [-0.15, -0.1) is 21.8 Å². The highest BCUT2D eigenvalue weighted by Crippen LogP contribution is 2.21. The minimum atomic E-state index is -0.440. The van der Waals surface area contributed by atoms with E-state index in [1.54, 1.807) is 18.3 Å². The van der Waals surface area contributed by atoms with Crippen LogP contribution in [0.2, 0.25) is 0 Å². The van der Waals surface area contributed by atoms with Crippen molar-refractivity contribution in [2.24, 2.45) is 0 Å². The molecule has 0 spiro atoms. The van der Waals surface area contributed by atoms with Gasteiger partial charge < -0.3 is 9.80 Å². The van der Waals surface area contributed by atoms with Gasteiger partial charge >= 0.3 is 0 Å². The Hall–Kier alpha value is -0.880. The number of halogens is 1. The summed E-state index contributed by atoms with van der Waals surface area (Å²) in [7, 11) is 0. The summed E-state index contributed by atoms with van der Waals surface area (Å²) in [4.78, 5) is 15.7. The topological polar surface area (TPSA) is 49.3 Å². The Morgan fingerprint density at radius 2 is 2.00 bits per heavy atom. The Kier molecular flexibility index (Phi) is 3.83. The van der Waals surface area contributed by atoms with Gasteiger partial charge in [-0.05, 0) is 13.8 Å². The molecular formula is C10H15ClN4OS. The maximum atomic E-state index is 11.7. The molecule has 1 aromatic heterocycles. The van der Waals surface area contributed by atoms with Crippen molar-refractivity contribution in [1.29, 1.82) is 0 Å². The van der Waals surface area contributed by atoms with E-state index in [0.717, 1.165) is 23.2 Å². The molecule has 1 atom stereocenters. The molecule has 2 rings (SSSR count). The van der Waals surface area contributed by atoms with Crippen LogP contribution >= 0.6 is 22.9 Å². The van der Waals surface area contributed by atoms with Crippen LogP contribution in [0.3, 0.4) is 0 Å². The summed E-state index contributed by atoms with van der Waals surface area (Å²) in [6, 6.07) is 0. The number of carbonyl (C=O) groups is 1. The van der Waals surface area contributed by atoms with Crippen molar-refractivity contribution in [3.8, 4) is 0 Å². The zero-order chi connectivity index (χ0) is 12.4. The van der Waals surface area contributed by atoms with Gasteiger partial charge in [0, 0.05) is 26.2 Å². The first-order chi connectivity index (χ1) is 8.08. The molecule has 1 aliphatic heterocycles. The van der Waals surface area contributed by atoms with Gasteiger partial charge in [0.1, 0.15) is 10.4 Å². The Morgan fingerprint density at radius 1 is 1.35 bits per heavy atom. The van der Waals surface area contributed by atoms with Crippen molar-refractivity contribution < 1.29 is 4.79 Å². The first-order valence-corrected chi connectivity index (χ1v) is 6.81. The van der Waals surface area contributed by atoms with Gasteiger partial charge in [-0.2, -0.15) is 0 Å². The van der Waals surface area contributed by atoms with E-state index in [4.69, 9.17) is 11.6 Å². The molecule has 0 saturated carbocycles. The highest BCUT2D eigenvalue weighted by molar-refractivity contribution is 7.15. The first kappa shape index (κ1) is 12.6. The number of anilines is 1. The van der Waals surface area contributed by atoms with E-state index in [0.29, 0.717) is 13.1 Å². The number of aryl methyl sites for hydroxylation is 1. The molecule has 0 bridgehead atoms. The van der Waals surface area contributed by atoms with Gasteiger partial charge in [0.15, 0.2) is 0 Å². The van der Waals surface area contributed by atoms with Gasteiger partial charge in [-0.25, -0.2) is 0 Å². The van der Waals surface area contributed by atoms with Crippen molar-refractivity contribution in [3.05, 3.63) is 5.01 Å². The third-order valence-corrected chi connectivity index (χ3v) is 3.80. The fraction of sp³-hybridized carbons (Fsp3) is 0.700. The normalized spacial score (nSPS) is 18.3. The Morgan fingerprint density at radius 3 is 2.47 bits per heavy atom. The molecule has 1 fully saturated rings. The van der Waals surface area contributed by atoms with Gasteiger partial charge in [-0.3, -0.25) is 4.79 Å². The molecule has 0 radical (unpaired) electrons. The standard InChI is InChI=1S/C10H15ClN4OS/c1-7(11)9(16)14-3-5-15(6-4-14)10-13-12-8(2)17-10/h7H,3-6H2,1-2H3. The number of hydrogen-bond acceptors (Lipinski definition) is 5. The van der Waals surface area contributed by atoms with Gasteiger partial charge in [-0.1, -0.05) is 11.3 Å². The van der Waals surface area contributed by atoms with Crippen LogP contribution in [0.4, 0.5) is 5.13 Å². The van der Waals surface area contributed by atoms with E-state index in [1.165, 1.54) is 0 Å². The summed E-state index contributed by atoms with van der Waals surface area (Å²) in [6.45, 7) is 6.65. The fourth-order valence-electron chi connectivity index (χ4n) is 1.78. The van der Waals surface area contributed by atoms with E-state index >= 15 is 0 Å². The minimum Gasteiger partial charge on any atom is -0.343 e. The van der Waals surface area contributed by atoms with E-state index in [9.17, 15) is 4.79 Å². The third kappa shape index (κ3) is 2.87. The van der Waals surface area contributed by atoms with Crippen LogP contribution in [-0.4, -0.2) is 52.6 Å². The van der Waals surface area contributed by atoms with Crippen LogP contribution in [0, 0.1) is 6.92 Å². The highest BCUT2D eigenvalue weighted by atomic mass is 35.5. The van der Waals surface area contributed by atoms with E-state index in [-0.39, 0.29) is 5.91 Å². The second-order valence-electron chi connectivity index (χ2n) is 4.03. The van der Waals surface area contributed by atoms with Crippen LogP contribution in [0.5, 0.6) is 0 Å². The first-order valence-electron chi connectivity index (χ1n) is 5.56. The number of hydrogen-bond donors (Lipinski definition) is 0. The lowest BCUT2D eigenvalue weighted by Gasteiger charge is -2.34. The second-order valence-corrected chi connectivity index (χ2v) is 5.85. The van der Waals surface area contributed by atoms with Crippen LogP contribution < -0.4 is 4.90 Å². The van der Waals surface area contributed by atoms with Crippen LogP contribution in [0.1, 0.15) is 11.9 Å². The average molecular weight is 275 g/mol. The van der Waals surface area contributed by atoms with Crippen molar-refractivity contribution in [2.75, 3.05) is 31.1 Å². The van der Waals surface area contributed by atoms with Gasteiger partial charge in [0.25, 0.3) is 0 Å². The van der Waals surface area contributed by atoms with Crippen LogP contribution in [0.25, 0.3) is 0 Å². The summed E-state index contributed by atoms with van der Waals surface area (Å²) in [5, 5.41) is 9.57. The van der Waals surface area contributed by atoms with Crippen LogP contribution in [-0.2, 0) is 4.79 Å². The monoisotopic (exact) mass is 274 g/mol. The molecule has 1 unspecified atom stereocenters. The summed E-state index contributed by atoms with van der Waals surface area (Å²) in [5.41, 5.74) is 0. The molecule has 0 aromatic carbocycles. The van der Waals surface area contributed by atoms with Crippen LogP contribution in [0.15, 0.2) is 0 Å². The Balaban J connectivity index is 1.92. The quantitative estimate of drug-likeness (QED) is 0.759. The molecule has 0 aliphatic carbocycles. The maximum Gasteiger partial charge on any atom is 0.240 e. The molecule has 1 amide bonds. The Labute approximate surface area is 109 Å². The number of amides is 1. The molecule has 0 N–H and O–H groups in total. The predicted molar refractivity (Wildman–Crippen MR) is 68.8 cm³/mol. The predicted octanol–water partition coefficient (Wildman–Crippen LogP) is 1.12. The number of piperazine rings is 1. The lowest BCUT2D eigenvalue weighted by Crippen LogP contribution is -2.50. The maximum absolute atomic E-state index is 11.7. The largest absolute Gasteiger partial charge is 0.343 e. The number of nitrogens with zero attached hydrogens (tertiary/aromatic N) is 4. The number of alkyl halides is 1. The molecule has 94 valence electrons. The van der Waals surface area contributed by atoms with E-state index < -0.39 is 5.38 Å². The molecular weight excluding hydrogens is 260 g/mol. The van der Waals surface area contributed by atoms with Gasteiger partial charge in [0.2, 0.25) is 11.0 Å². The van der Waals surface area contributed by atoms with Crippen molar-refractivity contribution >= 4 is 34.0 Å². The molecule has 2 heterocycles. The summed E-state index contributed by atoms with van der Waals surface area (Å²) in [6.07, 6.45) is 0. The van der Waals surface area contributed by atoms with E-state index in [2.05, 4.69) is 15.1 Å². The number of rotatable bonds is 2. The SMILES string of the molecule is Cc1nnc(N2CCN(C(=O)C(C)Cl)CC2)s1. The van der Waals surface area contributed by atoms with E-state index in [1.807, 2.05) is 11.8 Å². The molecule has 1 saturated heterocycles. The lowest BCUT2D eigenvalue weighted by atomic mass is 10.3. The second kappa shape index (κ2) is 5.18. The third-order valence-electron chi connectivity index (χ3n) is 2.72. The summed E-state index contributed by atoms with van der Waals surface area (Å²) in [5.74, 6) is 0.0137. The number of carbonyl (C=O) groups excluding carboxylic acids is 1. The molecule has 5 nitrogen and oxygen atoms in total. The molecule has 17 heavy (non-hydrogen) atoms. The smallest absolute Gasteiger partial charge is 0.240 e. The molecule has 1 aromatic rings. The summed E-state index contributed by atoms with van der Waals surface area (Å²) < 4.78 is 0. The Bertz CT molecular complexity index is 401. The summed E-state index contributed by atoms with van der Waals surface area (Å²) >= 11 is 7.38. The molecule has 1 aliphatic rings. The molecule has 7 heteroatoms. The highest BCUT2D eigenvalue weighted by Gasteiger charge is 2.24. The zero-order valence-corrected chi connectivity index (χ0v) is 11.5. The average Bonchev–Trinajstić information content (AvgIpc) is 2.75. The number of aromatic nitrogens is 2. The van der Waals surface area contributed by atoms with Gasteiger partial charge in [0.05, 0.1) is 0 Å². The van der Waals surface area contributed by atoms with Crippen molar-refractivity contribution in [1.82, 2.24) is 15.1 Å².